The molecule has 1 aromatic heterocycles. The summed E-state index contributed by atoms with van der Waals surface area (Å²) in [6, 6.07) is 8.48. The van der Waals surface area contributed by atoms with E-state index in [9.17, 15) is 22.4 Å². The maximum absolute atomic E-state index is 14.2. The van der Waals surface area contributed by atoms with Crippen molar-refractivity contribution in [3.63, 3.8) is 0 Å². The van der Waals surface area contributed by atoms with Crippen molar-refractivity contribution >= 4 is 5.78 Å². The minimum Gasteiger partial charge on any atom is -0.290 e. The van der Waals surface area contributed by atoms with Gasteiger partial charge in [0, 0.05) is 6.42 Å². The van der Waals surface area contributed by atoms with E-state index in [0.29, 0.717) is 0 Å². The lowest BCUT2D eigenvalue weighted by Gasteiger charge is -2.16. The zero-order chi connectivity index (χ0) is 17.1. The third-order valence-electron chi connectivity index (χ3n) is 4.78. The first-order valence-electron chi connectivity index (χ1n) is 7.60. The zero-order valence-corrected chi connectivity index (χ0v) is 12.4. The average Bonchev–Trinajstić information content (AvgIpc) is 3.17. The van der Waals surface area contributed by atoms with E-state index < -0.39 is 35.4 Å². The summed E-state index contributed by atoms with van der Waals surface area (Å²) >= 11 is 0. The molecule has 1 fully saturated rings. The predicted molar refractivity (Wildman–Crippen MR) is 75.1 cm³/mol. The highest BCUT2D eigenvalue weighted by atomic mass is 19.4. The van der Waals surface area contributed by atoms with Gasteiger partial charge >= 0.3 is 6.18 Å². The fourth-order valence-electron chi connectivity index (χ4n) is 3.21. The number of carbonyl (C=O) groups excluding carboxylic acids is 1. The second-order valence-corrected chi connectivity index (χ2v) is 6.28. The minimum absolute atomic E-state index is 0.0785. The molecule has 1 aliphatic heterocycles. The summed E-state index contributed by atoms with van der Waals surface area (Å²) in [5.74, 6) is -1.77. The Hall–Kier alpha value is -2.25. The van der Waals surface area contributed by atoms with Crippen LogP contribution in [0.5, 0.6) is 0 Å². The number of alkyl halides is 4. The van der Waals surface area contributed by atoms with Crippen molar-refractivity contribution in [1.29, 1.82) is 0 Å². The monoisotopic (exact) mass is 339 g/mol. The SMILES string of the molecule is O=C(c1nc2n(n1)[C@H](c1ccccc1)C[C@@H]2F)C1(C(F)(F)F)CC1. The van der Waals surface area contributed by atoms with Crippen LogP contribution < -0.4 is 0 Å². The van der Waals surface area contributed by atoms with Crippen molar-refractivity contribution in [2.75, 3.05) is 0 Å². The normalized spacial score (nSPS) is 24.7. The number of rotatable bonds is 3. The van der Waals surface area contributed by atoms with Gasteiger partial charge in [-0.1, -0.05) is 30.3 Å². The van der Waals surface area contributed by atoms with Gasteiger partial charge in [-0.25, -0.2) is 14.1 Å². The Bertz CT molecular complexity index is 795. The van der Waals surface area contributed by atoms with Crippen molar-refractivity contribution in [1.82, 2.24) is 14.8 Å². The second-order valence-electron chi connectivity index (χ2n) is 6.28. The summed E-state index contributed by atoms with van der Waals surface area (Å²) in [4.78, 5) is 16.0. The molecule has 0 unspecified atom stereocenters. The molecule has 0 radical (unpaired) electrons. The molecule has 8 heteroatoms. The summed E-state index contributed by atoms with van der Waals surface area (Å²) in [7, 11) is 0. The van der Waals surface area contributed by atoms with Gasteiger partial charge in [0.05, 0.1) is 6.04 Å². The molecular formula is C16H13F4N3O. The number of halogens is 4. The van der Waals surface area contributed by atoms with Gasteiger partial charge in [-0.05, 0) is 18.4 Å². The van der Waals surface area contributed by atoms with Crippen LogP contribution in [0.4, 0.5) is 17.6 Å². The van der Waals surface area contributed by atoms with Gasteiger partial charge < -0.3 is 0 Å². The number of hydrogen-bond donors (Lipinski definition) is 0. The largest absolute Gasteiger partial charge is 0.401 e. The molecule has 2 heterocycles. The van der Waals surface area contributed by atoms with Gasteiger partial charge in [0.1, 0.15) is 5.41 Å². The molecular weight excluding hydrogens is 326 g/mol. The number of nitrogens with zero attached hydrogens (tertiary/aromatic N) is 3. The highest BCUT2D eigenvalue weighted by Crippen LogP contribution is 2.59. The summed E-state index contributed by atoms with van der Waals surface area (Å²) in [5, 5.41) is 3.93. The van der Waals surface area contributed by atoms with Crippen molar-refractivity contribution in [2.24, 2.45) is 5.41 Å². The lowest BCUT2D eigenvalue weighted by atomic mass is 10.00. The molecule has 0 spiro atoms. The molecule has 1 saturated carbocycles. The van der Waals surface area contributed by atoms with E-state index in [1.807, 2.05) is 6.07 Å². The lowest BCUT2D eigenvalue weighted by Crippen LogP contribution is -2.33. The Morgan fingerprint density at radius 1 is 1.21 bits per heavy atom. The number of carbonyl (C=O) groups is 1. The molecule has 24 heavy (non-hydrogen) atoms. The molecule has 126 valence electrons. The van der Waals surface area contributed by atoms with Crippen molar-refractivity contribution in [2.45, 2.75) is 37.7 Å². The summed E-state index contributed by atoms with van der Waals surface area (Å²) in [6.07, 6.45) is -6.50. The van der Waals surface area contributed by atoms with E-state index in [4.69, 9.17) is 0 Å². The fraction of sp³-hybridized carbons (Fsp3) is 0.438. The molecule has 2 aromatic rings. The van der Waals surface area contributed by atoms with Crippen molar-refractivity contribution in [3.8, 4) is 0 Å². The van der Waals surface area contributed by atoms with Crippen LogP contribution in [0.15, 0.2) is 30.3 Å². The molecule has 4 rings (SSSR count). The smallest absolute Gasteiger partial charge is 0.290 e. The number of benzene rings is 1. The third kappa shape index (κ3) is 2.08. The first-order chi connectivity index (χ1) is 11.3. The molecule has 4 nitrogen and oxygen atoms in total. The van der Waals surface area contributed by atoms with E-state index >= 15 is 0 Å². The van der Waals surface area contributed by atoms with Gasteiger partial charge in [-0.3, -0.25) is 4.79 Å². The number of fused-ring (bicyclic) bond motifs is 1. The van der Waals surface area contributed by atoms with Crippen LogP contribution >= 0.6 is 0 Å². The van der Waals surface area contributed by atoms with Gasteiger partial charge in [0.2, 0.25) is 11.6 Å². The van der Waals surface area contributed by atoms with Gasteiger partial charge in [0.25, 0.3) is 0 Å². The summed E-state index contributed by atoms with van der Waals surface area (Å²) in [5.41, 5.74) is -1.61. The second kappa shape index (κ2) is 4.87. The van der Waals surface area contributed by atoms with E-state index in [-0.39, 0.29) is 25.1 Å². The molecule has 2 aliphatic rings. The topological polar surface area (TPSA) is 47.8 Å². The Balaban J connectivity index is 1.71. The number of ketones is 1. The van der Waals surface area contributed by atoms with E-state index in [1.165, 1.54) is 4.68 Å². The zero-order valence-electron chi connectivity index (χ0n) is 12.4. The van der Waals surface area contributed by atoms with Crippen LogP contribution in [0.2, 0.25) is 0 Å². The third-order valence-corrected chi connectivity index (χ3v) is 4.78. The van der Waals surface area contributed by atoms with E-state index in [2.05, 4.69) is 10.1 Å². The molecule has 2 atom stereocenters. The molecule has 0 amide bonds. The van der Waals surface area contributed by atoms with Crippen LogP contribution in [0.3, 0.4) is 0 Å². The number of aromatic nitrogens is 3. The average molecular weight is 339 g/mol. The van der Waals surface area contributed by atoms with Crippen LogP contribution in [-0.4, -0.2) is 26.7 Å². The Kier molecular flexibility index (Phi) is 3.10. The highest BCUT2D eigenvalue weighted by molar-refractivity contribution is 6.00. The summed E-state index contributed by atoms with van der Waals surface area (Å²) in [6.45, 7) is 0. The number of hydrogen-bond acceptors (Lipinski definition) is 3. The standard InChI is InChI=1S/C16H13F4N3O/c17-10-8-11(9-4-2-1-3-5-9)23-14(10)21-13(22-23)12(24)15(6-7-15)16(18,19)20/h1-5,10-11H,6-8H2/t10-,11-/m0/s1. The Labute approximate surface area is 134 Å². The quantitative estimate of drug-likeness (QED) is 0.631. The van der Waals surface area contributed by atoms with Crippen molar-refractivity contribution in [3.05, 3.63) is 47.5 Å². The first kappa shape index (κ1) is 15.3. The molecule has 0 bridgehead atoms. The van der Waals surface area contributed by atoms with Gasteiger partial charge in [-0.15, -0.1) is 5.10 Å². The summed E-state index contributed by atoms with van der Waals surface area (Å²) < 4.78 is 54.8. The maximum Gasteiger partial charge on any atom is 0.401 e. The lowest BCUT2D eigenvalue weighted by molar-refractivity contribution is -0.171. The van der Waals surface area contributed by atoms with E-state index in [0.717, 1.165) is 5.56 Å². The number of Topliss-reactive ketones (excluding diaryl/α,β-unsaturated/α-hetero) is 1. The van der Waals surface area contributed by atoms with Gasteiger partial charge in [-0.2, -0.15) is 13.2 Å². The van der Waals surface area contributed by atoms with Crippen LogP contribution in [0, 0.1) is 5.41 Å². The first-order valence-corrected chi connectivity index (χ1v) is 7.60. The van der Waals surface area contributed by atoms with E-state index in [1.54, 1.807) is 24.3 Å². The molecule has 0 saturated heterocycles. The molecule has 1 aliphatic carbocycles. The molecule has 1 aromatic carbocycles. The maximum atomic E-state index is 14.2. The van der Waals surface area contributed by atoms with Gasteiger partial charge in [0.15, 0.2) is 12.0 Å². The highest BCUT2D eigenvalue weighted by Gasteiger charge is 2.69. The van der Waals surface area contributed by atoms with Crippen LogP contribution in [-0.2, 0) is 0 Å². The van der Waals surface area contributed by atoms with Crippen molar-refractivity contribution < 1.29 is 22.4 Å². The van der Waals surface area contributed by atoms with Crippen LogP contribution in [0.25, 0.3) is 0 Å². The Morgan fingerprint density at radius 3 is 2.46 bits per heavy atom. The fourth-order valence-corrected chi connectivity index (χ4v) is 3.21. The predicted octanol–water partition coefficient (Wildman–Crippen LogP) is 3.81. The Morgan fingerprint density at radius 2 is 1.88 bits per heavy atom. The molecule has 0 N–H and O–H groups in total. The van der Waals surface area contributed by atoms with Crippen LogP contribution in [0.1, 0.15) is 53.5 Å². The minimum atomic E-state index is -4.63.